The van der Waals surface area contributed by atoms with Crippen LogP contribution in [0.2, 0.25) is 0 Å². The number of hydrogen-bond acceptors (Lipinski definition) is 4. The second-order valence-electron chi connectivity index (χ2n) is 7.12. The molecule has 1 fully saturated rings. The highest BCUT2D eigenvalue weighted by Crippen LogP contribution is 2.17. The number of nitrogens with zero attached hydrogens (tertiary/aromatic N) is 4. The number of amides is 1. The van der Waals surface area contributed by atoms with Gasteiger partial charge in [0.05, 0.1) is 17.4 Å². The van der Waals surface area contributed by atoms with E-state index in [1.807, 2.05) is 42.6 Å². The predicted molar refractivity (Wildman–Crippen MR) is 110 cm³/mol. The van der Waals surface area contributed by atoms with Gasteiger partial charge in [0.2, 0.25) is 0 Å². The number of carbonyl (C=O) groups is 1. The minimum absolute atomic E-state index is 0.140. The van der Waals surface area contributed by atoms with E-state index in [2.05, 4.69) is 26.4 Å². The Bertz CT molecular complexity index is 896. The Morgan fingerprint density at radius 1 is 0.964 bits per heavy atom. The van der Waals surface area contributed by atoms with Crippen molar-refractivity contribution in [1.29, 1.82) is 0 Å². The smallest absolute Gasteiger partial charge is 0.254 e. The van der Waals surface area contributed by atoms with Crippen LogP contribution in [0.4, 0.5) is 5.82 Å². The number of carbonyl (C=O) groups excluding carboxylic acids is 1. The maximum atomic E-state index is 12.4. The van der Waals surface area contributed by atoms with Crippen molar-refractivity contribution in [2.45, 2.75) is 32.2 Å². The van der Waals surface area contributed by atoms with Gasteiger partial charge in [-0.1, -0.05) is 37.1 Å². The van der Waals surface area contributed by atoms with Crippen molar-refractivity contribution in [1.82, 2.24) is 20.1 Å². The molecule has 1 amide bonds. The third kappa shape index (κ3) is 4.39. The molecule has 28 heavy (non-hydrogen) atoms. The van der Waals surface area contributed by atoms with Gasteiger partial charge in [0.15, 0.2) is 0 Å². The molecular formula is C22H25N5O. The summed E-state index contributed by atoms with van der Waals surface area (Å²) in [6, 6.07) is 13.8. The molecule has 1 aromatic carbocycles. The van der Waals surface area contributed by atoms with E-state index in [1.54, 1.807) is 17.1 Å². The Morgan fingerprint density at radius 2 is 1.75 bits per heavy atom. The summed E-state index contributed by atoms with van der Waals surface area (Å²) in [6.07, 6.45) is 10.3. The van der Waals surface area contributed by atoms with Crippen LogP contribution in [0.5, 0.6) is 0 Å². The molecule has 1 N–H and O–H groups in total. The Morgan fingerprint density at radius 3 is 2.46 bits per heavy atom. The lowest BCUT2D eigenvalue weighted by atomic mass is 10.2. The summed E-state index contributed by atoms with van der Waals surface area (Å²) < 4.78 is 1.70. The number of aromatic nitrogens is 3. The van der Waals surface area contributed by atoms with Crippen LogP contribution < -0.4 is 10.2 Å². The number of nitrogens with one attached hydrogen (secondary N) is 1. The SMILES string of the molecule is O=C(NCc1ccc(N2CCCCCC2)nc1)c1cnn(-c2ccccc2)c1. The van der Waals surface area contributed by atoms with E-state index in [0.29, 0.717) is 12.1 Å². The lowest BCUT2D eigenvalue weighted by Crippen LogP contribution is -2.25. The van der Waals surface area contributed by atoms with Crippen LogP contribution in [-0.2, 0) is 6.54 Å². The van der Waals surface area contributed by atoms with Crippen molar-refractivity contribution in [3.05, 3.63) is 72.2 Å². The first-order valence-electron chi connectivity index (χ1n) is 9.88. The monoisotopic (exact) mass is 375 g/mol. The number of benzene rings is 1. The highest BCUT2D eigenvalue weighted by molar-refractivity contribution is 5.93. The maximum Gasteiger partial charge on any atom is 0.254 e. The van der Waals surface area contributed by atoms with E-state index in [1.165, 1.54) is 25.7 Å². The number of hydrogen-bond donors (Lipinski definition) is 1. The predicted octanol–water partition coefficient (Wildman–Crippen LogP) is 3.58. The van der Waals surface area contributed by atoms with Crippen LogP contribution in [0.1, 0.15) is 41.6 Å². The largest absolute Gasteiger partial charge is 0.357 e. The summed E-state index contributed by atoms with van der Waals surface area (Å²) in [5.74, 6) is 0.889. The zero-order valence-corrected chi connectivity index (χ0v) is 15.9. The fourth-order valence-corrected chi connectivity index (χ4v) is 3.45. The average Bonchev–Trinajstić information content (AvgIpc) is 3.09. The topological polar surface area (TPSA) is 63.1 Å². The molecule has 1 aliphatic heterocycles. The van der Waals surface area contributed by atoms with Crippen LogP contribution in [0.25, 0.3) is 5.69 Å². The van der Waals surface area contributed by atoms with E-state index < -0.39 is 0 Å². The van der Waals surface area contributed by atoms with Crippen LogP contribution in [0.15, 0.2) is 61.1 Å². The first-order valence-corrected chi connectivity index (χ1v) is 9.88. The van der Waals surface area contributed by atoms with E-state index in [0.717, 1.165) is 30.2 Å². The van der Waals surface area contributed by atoms with Gasteiger partial charge in [0.1, 0.15) is 5.82 Å². The minimum Gasteiger partial charge on any atom is -0.357 e. The third-order valence-electron chi connectivity index (χ3n) is 5.06. The molecule has 0 radical (unpaired) electrons. The number of para-hydroxylation sites is 1. The average molecular weight is 375 g/mol. The zero-order valence-electron chi connectivity index (χ0n) is 15.9. The number of rotatable bonds is 5. The van der Waals surface area contributed by atoms with Crippen molar-refractivity contribution in [3.63, 3.8) is 0 Å². The molecule has 144 valence electrons. The molecule has 2 aromatic heterocycles. The Hall–Kier alpha value is -3.15. The van der Waals surface area contributed by atoms with Crippen molar-refractivity contribution in [2.75, 3.05) is 18.0 Å². The van der Waals surface area contributed by atoms with Crippen LogP contribution in [0.3, 0.4) is 0 Å². The van der Waals surface area contributed by atoms with Gasteiger partial charge in [-0.05, 0) is 36.6 Å². The van der Waals surface area contributed by atoms with E-state index in [9.17, 15) is 4.79 Å². The summed E-state index contributed by atoms with van der Waals surface area (Å²) in [5.41, 5.74) is 2.45. The number of pyridine rings is 1. The van der Waals surface area contributed by atoms with E-state index in [4.69, 9.17) is 0 Å². The van der Waals surface area contributed by atoms with Crippen LogP contribution in [-0.4, -0.2) is 33.8 Å². The Balaban J connectivity index is 1.34. The van der Waals surface area contributed by atoms with Gasteiger partial charge in [-0.3, -0.25) is 4.79 Å². The molecule has 0 aliphatic carbocycles. The molecule has 0 atom stereocenters. The molecule has 0 unspecified atom stereocenters. The van der Waals surface area contributed by atoms with Crippen LogP contribution >= 0.6 is 0 Å². The van der Waals surface area contributed by atoms with Gasteiger partial charge in [-0.15, -0.1) is 0 Å². The van der Waals surface area contributed by atoms with E-state index >= 15 is 0 Å². The quantitative estimate of drug-likeness (QED) is 0.740. The van der Waals surface area contributed by atoms with Crippen molar-refractivity contribution >= 4 is 11.7 Å². The van der Waals surface area contributed by atoms with Crippen molar-refractivity contribution < 1.29 is 4.79 Å². The summed E-state index contributed by atoms with van der Waals surface area (Å²) in [6.45, 7) is 2.60. The Kier molecular flexibility index (Phi) is 5.66. The molecular weight excluding hydrogens is 350 g/mol. The standard InChI is InChI=1S/C22H25N5O/c28-22(19-16-25-27(17-19)20-8-4-3-5-9-20)24-15-18-10-11-21(23-14-18)26-12-6-1-2-7-13-26/h3-5,8-11,14,16-17H,1-2,6-7,12-13,15H2,(H,24,28). The summed E-state index contributed by atoms with van der Waals surface area (Å²) in [4.78, 5) is 19.4. The molecule has 6 heteroatoms. The fraction of sp³-hybridized carbons (Fsp3) is 0.318. The second kappa shape index (κ2) is 8.69. The van der Waals surface area contributed by atoms with Gasteiger partial charge >= 0.3 is 0 Å². The Labute approximate surface area is 165 Å². The molecule has 6 nitrogen and oxygen atoms in total. The molecule has 1 saturated heterocycles. The van der Waals surface area contributed by atoms with Gasteiger partial charge in [-0.2, -0.15) is 5.10 Å². The molecule has 0 bridgehead atoms. The summed E-state index contributed by atoms with van der Waals surface area (Å²) >= 11 is 0. The molecule has 3 aromatic rings. The first-order chi connectivity index (χ1) is 13.8. The van der Waals surface area contributed by atoms with Crippen molar-refractivity contribution in [3.8, 4) is 5.69 Å². The van der Waals surface area contributed by atoms with Gasteiger partial charge in [0.25, 0.3) is 5.91 Å². The summed E-state index contributed by atoms with van der Waals surface area (Å²) in [7, 11) is 0. The molecule has 0 saturated carbocycles. The molecule has 4 rings (SSSR count). The number of anilines is 1. The highest BCUT2D eigenvalue weighted by atomic mass is 16.1. The molecule has 0 spiro atoms. The van der Waals surface area contributed by atoms with Gasteiger partial charge in [-0.25, -0.2) is 9.67 Å². The lowest BCUT2D eigenvalue weighted by molar-refractivity contribution is 0.0951. The fourth-order valence-electron chi connectivity index (χ4n) is 3.45. The highest BCUT2D eigenvalue weighted by Gasteiger charge is 2.12. The molecule has 3 heterocycles. The normalized spacial score (nSPS) is 14.5. The van der Waals surface area contributed by atoms with Gasteiger partial charge in [0, 0.05) is 32.0 Å². The van der Waals surface area contributed by atoms with E-state index in [-0.39, 0.29) is 5.91 Å². The molecule has 1 aliphatic rings. The van der Waals surface area contributed by atoms with Crippen molar-refractivity contribution in [2.24, 2.45) is 0 Å². The summed E-state index contributed by atoms with van der Waals surface area (Å²) in [5, 5.41) is 7.21. The minimum atomic E-state index is -0.140. The maximum absolute atomic E-state index is 12.4. The zero-order chi connectivity index (χ0) is 19.2. The third-order valence-corrected chi connectivity index (χ3v) is 5.06. The van der Waals surface area contributed by atoms with Crippen LogP contribution in [0, 0.1) is 0 Å². The van der Waals surface area contributed by atoms with Gasteiger partial charge < -0.3 is 10.2 Å². The first kappa shape index (κ1) is 18.2. The second-order valence-corrected chi connectivity index (χ2v) is 7.12. The lowest BCUT2D eigenvalue weighted by Gasteiger charge is -2.21.